The molecule has 112 valence electrons. The van der Waals surface area contributed by atoms with Crippen LogP contribution in [0.1, 0.15) is 29.6 Å². The van der Waals surface area contributed by atoms with Gasteiger partial charge in [-0.25, -0.2) is 4.79 Å². The average molecular weight is 357 g/mol. The number of amides is 1. The molecule has 21 heavy (non-hydrogen) atoms. The van der Waals surface area contributed by atoms with E-state index in [0.717, 1.165) is 12.8 Å². The zero-order chi connectivity index (χ0) is 15.6. The Morgan fingerprint density at radius 3 is 2.67 bits per heavy atom. The van der Waals surface area contributed by atoms with Gasteiger partial charge in [-0.3, -0.25) is 14.9 Å². The number of aliphatic carboxylic acids is 1. The van der Waals surface area contributed by atoms with Crippen LogP contribution in [0.2, 0.25) is 0 Å². The van der Waals surface area contributed by atoms with Crippen molar-refractivity contribution in [2.24, 2.45) is 0 Å². The Labute approximate surface area is 128 Å². The second kappa shape index (κ2) is 6.21. The number of non-ortho nitro benzene ring substituents is 1. The predicted octanol–water partition coefficient (Wildman–Crippen LogP) is 2.44. The number of nitro benzene ring substituents is 1. The molecule has 1 aliphatic rings. The number of likely N-dealkylation sites (tertiary alicyclic amines) is 1. The predicted molar refractivity (Wildman–Crippen MR) is 77.1 cm³/mol. The molecule has 1 aromatic carbocycles. The number of nitro groups is 1. The van der Waals surface area contributed by atoms with Crippen molar-refractivity contribution in [3.8, 4) is 0 Å². The summed E-state index contributed by atoms with van der Waals surface area (Å²) in [5.41, 5.74) is -0.0964. The van der Waals surface area contributed by atoms with Gasteiger partial charge in [-0.05, 0) is 25.3 Å². The Kier molecular flexibility index (Phi) is 4.56. The van der Waals surface area contributed by atoms with Crippen molar-refractivity contribution in [3.05, 3.63) is 38.3 Å². The number of benzene rings is 1. The number of carboxylic acid groups (broad SMARTS) is 1. The van der Waals surface area contributed by atoms with Crippen LogP contribution in [-0.4, -0.2) is 39.4 Å². The molecule has 1 N–H and O–H groups in total. The number of rotatable bonds is 3. The van der Waals surface area contributed by atoms with E-state index in [1.807, 2.05) is 0 Å². The zero-order valence-electron chi connectivity index (χ0n) is 11.0. The third-order valence-electron chi connectivity index (χ3n) is 3.39. The fourth-order valence-electron chi connectivity index (χ4n) is 2.40. The summed E-state index contributed by atoms with van der Waals surface area (Å²) in [6.45, 7) is 0.343. The van der Waals surface area contributed by atoms with E-state index >= 15 is 0 Å². The van der Waals surface area contributed by atoms with Crippen molar-refractivity contribution >= 4 is 33.5 Å². The van der Waals surface area contributed by atoms with Crippen LogP contribution in [0, 0.1) is 10.1 Å². The lowest BCUT2D eigenvalue weighted by molar-refractivity contribution is -0.385. The van der Waals surface area contributed by atoms with Crippen molar-refractivity contribution < 1.29 is 19.6 Å². The quantitative estimate of drug-likeness (QED) is 0.661. The zero-order valence-corrected chi connectivity index (χ0v) is 12.6. The Morgan fingerprint density at radius 1 is 1.33 bits per heavy atom. The van der Waals surface area contributed by atoms with Crippen molar-refractivity contribution in [1.82, 2.24) is 4.90 Å². The fourth-order valence-corrected chi connectivity index (χ4v) is 2.88. The van der Waals surface area contributed by atoms with Crippen LogP contribution < -0.4 is 0 Å². The van der Waals surface area contributed by atoms with Crippen LogP contribution in [0.15, 0.2) is 22.7 Å². The van der Waals surface area contributed by atoms with Gasteiger partial charge in [0.15, 0.2) is 0 Å². The number of nitrogens with zero attached hydrogens (tertiary/aromatic N) is 2. The number of carbonyl (C=O) groups is 2. The van der Waals surface area contributed by atoms with Crippen molar-refractivity contribution in [3.63, 3.8) is 0 Å². The molecular formula is C13H13BrN2O5. The topological polar surface area (TPSA) is 101 Å². The SMILES string of the molecule is O=C(O)[C@H]1CCCCN1C(=O)c1cc(Br)cc([N+](=O)[O-])c1. The standard InChI is InChI=1S/C13H13BrN2O5/c14-9-5-8(6-10(7-9)16(20)21)12(17)15-4-2-1-3-11(15)13(18)19/h5-7,11H,1-4H2,(H,18,19)/t11-/m1/s1. The molecule has 1 aromatic rings. The Bertz CT molecular complexity index is 604. The lowest BCUT2D eigenvalue weighted by atomic mass is 10.0. The van der Waals surface area contributed by atoms with Crippen LogP contribution in [0.3, 0.4) is 0 Å². The summed E-state index contributed by atoms with van der Waals surface area (Å²) >= 11 is 3.13. The first kappa shape index (κ1) is 15.4. The number of hydrogen-bond donors (Lipinski definition) is 1. The highest BCUT2D eigenvalue weighted by molar-refractivity contribution is 9.10. The minimum absolute atomic E-state index is 0.115. The van der Waals surface area contributed by atoms with E-state index in [4.69, 9.17) is 0 Å². The molecule has 1 saturated heterocycles. The second-order valence-corrected chi connectivity index (χ2v) is 5.72. The van der Waals surface area contributed by atoms with Gasteiger partial charge in [0, 0.05) is 28.7 Å². The maximum absolute atomic E-state index is 12.5. The highest BCUT2D eigenvalue weighted by atomic mass is 79.9. The van der Waals surface area contributed by atoms with Gasteiger partial charge in [-0.15, -0.1) is 0 Å². The summed E-state index contributed by atoms with van der Waals surface area (Å²) in [5, 5.41) is 20.0. The normalized spacial score (nSPS) is 18.3. The summed E-state index contributed by atoms with van der Waals surface area (Å²) in [4.78, 5) is 35.2. The van der Waals surface area contributed by atoms with Crippen molar-refractivity contribution in [2.75, 3.05) is 6.54 Å². The van der Waals surface area contributed by atoms with E-state index in [9.17, 15) is 24.8 Å². The maximum Gasteiger partial charge on any atom is 0.326 e. The van der Waals surface area contributed by atoms with Crippen LogP contribution in [-0.2, 0) is 4.79 Å². The summed E-state index contributed by atoms with van der Waals surface area (Å²) in [5.74, 6) is -1.54. The Balaban J connectivity index is 2.34. The van der Waals surface area contributed by atoms with Gasteiger partial charge in [-0.1, -0.05) is 15.9 Å². The Hall–Kier alpha value is -1.96. The first-order chi connectivity index (χ1) is 9.90. The lowest BCUT2D eigenvalue weighted by Gasteiger charge is -2.33. The molecule has 1 aliphatic heterocycles. The summed E-state index contributed by atoms with van der Waals surface area (Å²) in [7, 11) is 0. The van der Waals surface area contributed by atoms with E-state index < -0.39 is 22.8 Å². The minimum atomic E-state index is -1.05. The molecule has 0 aromatic heterocycles. The highest BCUT2D eigenvalue weighted by Crippen LogP contribution is 2.25. The minimum Gasteiger partial charge on any atom is -0.480 e. The molecule has 0 spiro atoms. The molecule has 0 saturated carbocycles. The van der Waals surface area contributed by atoms with Gasteiger partial charge < -0.3 is 10.0 Å². The molecule has 1 heterocycles. The van der Waals surface area contributed by atoms with Gasteiger partial charge >= 0.3 is 5.97 Å². The lowest BCUT2D eigenvalue weighted by Crippen LogP contribution is -2.48. The van der Waals surface area contributed by atoms with Crippen LogP contribution in [0.25, 0.3) is 0 Å². The van der Waals surface area contributed by atoms with E-state index in [2.05, 4.69) is 15.9 Å². The maximum atomic E-state index is 12.5. The second-order valence-electron chi connectivity index (χ2n) is 4.80. The number of hydrogen-bond acceptors (Lipinski definition) is 4. The third-order valence-corrected chi connectivity index (χ3v) is 3.85. The molecular weight excluding hydrogens is 344 g/mol. The number of carboxylic acids is 1. The van der Waals surface area contributed by atoms with Crippen molar-refractivity contribution in [1.29, 1.82) is 0 Å². The number of carbonyl (C=O) groups excluding carboxylic acids is 1. The molecule has 8 heteroatoms. The van der Waals surface area contributed by atoms with Crippen LogP contribution in [0.4, 0.5) is 5.69 Å². The summed E-state index contributed by atoms with van der Waals surface area (Å²) in [6.07, 6.45) is 1.88. The third kappa shape index (κ3) is 3.38. The molecule has 0 radical (unpaired) electrons. The highest BCUT2D eigenvalue weighted by Gasteiger charge is 2.33. The molecule has 0 bridgehead atoms. The Morgan fingerprint density at radius 2 is 2.05 bits per heavy atom. The molecule has 0 aliphatic carbocycles. The van der Waals surface area contributed by atoms with Crippen LogP contribution in [0.5, 0.6) is 0 Å². The molecule has 0 unspecified atom stereocenters. The molecule has 2 rings (SSSR count). The van der Waals surface area contributed by atoms with Gasteiger partial charge in [-0.2, -0.15) is 0 Å². The van der Waals surface area contributed by atoms with Gasteiger partial charge in [0.2, 0.25) is 0 Å². The van der Waals surface area contributed by atoms with Gasteiger partial charge in [0.1, 0.15) is 6.04 Å². The van der Waals surface area contributed by atoms with Crippen LogP contribution >= 0.6 is 15.9 Å². The molecule has 1 amide bonds. The molecule has 1 atom stereocenters. The summed E-state index contributed by atoms with van der Waals surface area (Å²) in [6, 6.07) is 3.05. The van der Waals surface area contributed by atoms with Crippen molar-refractivity contribution in [2.45, 2.75) is 25.3 Å². The molecule has 1 fully saturated rings. The smallest absolute Gasteiger partial charge is 0.326 e. The number of piperidine rings is 1. The van der Waals surface area contributed by atoms with Gasteiger partial charge in [0.25, 0.3) is 11.6 Å². The average Bonchev–Trinajstić information content (AvgIpc) is 2.45. The van der Waals surface area contributed by atoms with Gasteiger partial charge in [0.05, 0.1) is 4.92 Å². The van der Waals surface area contributed by atoms with E-state index in [-0.39, 0.29) is 11.3 Å². The molecule has 7 nitrogen and oxygen atoms in total. The first-order valence-electron chi connectivity index (χ1n) is 6.39. The van der Waals surface area contributed by atoms with E-state index in [0.29, 0.717) is 17.4 Å². The van der Waals surface area contributed by atoms with E-state index in [1.165, 1.54) is 23.1 Å². The number of halogens is 1. The largest absolute Gasteiger partial charge is 0.480 e. The van der Waals surface area contributed by atoms with E-state index in [1.54, 1.807) is 0 Å². The fraction of sp³-hybridized carbons (Fsp3) is 0.385. The summed E-state index contributed by atoms with van der Waals surface area (Å²) < 4.78 is 0.406. The monoisotopic (exact) mass is 356 g/mol. The first-order valence-corrected chi connectivity index (χ1v) is 7.18.